The number of benzene rings is 1. The van der Waals surface area contributed by atoms with E-state index in [1.54, 1.807) is 0 Å². The molecule has 120 valence electrons. The Morgan fingerprint density at radius 2 is 1.95 bits per heavy atom. The number of ether oxygens (including phenoxy) is 1. The third kappa shape index (κ3) is 7.46. The van der Waals surface area contributed by atoms with Crippen LogP contribution in [0.15, 0.2) is 30.3 Å². The quantitative estimate of drug-likeness (QED) is 0.689. The molecule has 0 fully saturated rings. The van der Waals surface area contributed by atoms with E-state index in [1.807, 2.05) is 37.3 Å². The predicted octanol–water partition coefficient (Wildman–Crippen LogP) is 2.68. The summed E-state index contributed by atoms with van der Waals surface area (Å²) in [6.07, 6.45) is 2.18. The van der Waals surface area contributed by atoms with Crippen molar-refractivity contribution in [1.82, 2.24) is 5.32 Å². The lowest BCUT2D eigenvalue weighted by Gasteiger charge is -2.19. The van der Waals surface area contributed by atoms with Crippen LogP contribution in [-0.2, 0) is 9.53 Å². The van der Waals surface area contributed by atoms with Crippen molar-refractivity contribution < 1.29 is 9.53 Å². The van der Waals surface area contributed by atoms with Gasteiger partial charge in [0, 0.05) is 19.2 Å². The Bertz CT molecular complexity index is 387. The Morgan fingerprint density at radius 1 is 1.29 bits per heavy atom. The Morgan fingerprint density at radius 3 is 2.57 bits per heavy atom. The highest BCUT2D eigenvalue weighted by Gasteiger charge is 2.21. The summed E-state index contributed by atoms with van der Waals surface area (Å²) in [7, 11) is 0. The first-order valence-electron chi connectivity index (χ1n) is 7.32. The van der Waals surface area contributed by atoms with Gasteiger partial charge in [0.25, 0.3) is 0 Å². The second-order valence-corrected chi connectivity index (χ2v) is 4.98. The molecule has 21 heavy (non-hydrogen) atoms. The molecule has 2 unspecified atom stereocenters. The van der Waals surface area contributed by atoms with E-state index in [0.29, 0.717) is 13.2 Å². The average Bonchev–Trinajstić information content (AvgIpc) is 2.50. The number of carbonyl (C=O) groups is 1. The van der Waals surface area contributed by atoms with Crippen LogP contribution >= 0.6 is 12.4 Å². The topological polar surface area (TPSA) is 64.3 Å². The molecule has 0 aliphatic rings. The molecule has 3 N–H and O–H groups in total. The molecule has 1 aromatic carbocycles. The van der Waals surface area contributed by atoms with E-state index in [-0.39, 0.29) is 30.3 Å². The highest BCUT2D eigenvalue weighted by Crippen LogP contribution is 2.18. The van der Waals surface area contributed by atoms with Crippen LogP contribution in [0.2, 0.25) is 0 Å². The Balaban J connectivity index is 0.00000400. The SMILES string of the molecule is CCCCOCCNC(=O)C(C)C(N)c1ccccc1.Cl. The Kier molecular flexibility index (Phi) is 10.9. The standard InChI is InChI=1S/C16H26N2O2.ClH/c1-3-4-11-20-12-10-18-16(19)13(2)15(17)14-8-6-5-7-9-14;/h5-9,13,15H,3-4,10-12,17H2,1-2H3,(H,18,19);1H. The lowest BCUT2D eigenvalue weighted by molar-refractivity contribution is -0.125. The van der Waals surface area contributed by atoms with Gasteiger partial charge in [-0.05, 0) is 12.0 Å². The van der Waals surface area contributed by atoms with Gasteiger partial charge in [0.15, 0.2) is 0 Å². The number of halogens is 1. The number of hydrogen-bond donors (Lipinski definition) is 2. The van der Waals surface area contributed by atoms with Gasteiger partial charge < -0.3 is 15.8 Å². The van der Waals surface area contributed by atoms with Gasteiger partial charge in [0.2, 0.25) is 5.91 Å². The number of nitrogens with two attached hydrogens (primary N) is 1. The molecule has 1 aromatic rings. The maximum absolute atomic E-state index is 12.0. The molecule has 1 amide bonds. The zero-order valence-corrected chi connectivity index (χ0v) is 13.7. The molecule has 4 nitrogen and oxygen atoms in total. The van der Waals surface area contributed by atoms with E-state index in [1.165, 1.54) is 0 Å². The maximum atomic E-state index is 12.0. The minimum atomic E-state index is -0.280. The molecule has 0 aliphatic carbocycles. The monoisotopic (exact) mass is 314 g/mol. The van der Waals surface area contributed by atoms with Gasteiger partial charge in [-0.15, -0.1) is 12.4 Å². The van der Waals surface area contributed by atoms with E-state index in [2.05, 4.69) is 12.2 Å². The van der Waals surface area contributed by atoms with E-state index >= 15 is 0 Å². The van der Waals surface area contributed by atoms with E-state index in [4.69, 9.17) is 10.5 Å². The molecule has 2 atom stereocenters. The van der Waals surface area contributed by atoms with Crippen molar-refractivity contribution in [2.24, 2.45) is 11.7 Å². The lowest BCUT2D eigenvalue weighted by atomic mass is 9.95. The van der Waals surface area contributed by atoms with Crippen LogP contribution in [0, 0.1) is 5.92 Å². The minimum absolute atomic E-state index is 0. The van der Waals surface area contributed by atoms with Crippen molar-refractivity contribution in [3.63, 3.8) is 0 Å². The second-order valence-electron chi connectivity index (χ2n) is 4.98. The van der Waals surface area contributed by atoms with E-state index in [9.17, 15) is 4.79 Å². The van der Waals surface area contributed by atoms with Crippen LogP contribution in [0.3, 0.4) is 0 Å². The number of carbonyl (C=O) groups excluding carboxylic acids is 1. The number of rotatable bonds is 9. The molecule has 0 bridgehead atoms. The van der Waals surface area contributed by atoms with Gasteiger partial charge in [-0.2, -0.15) is 0 Å². The zero-order valence-electron chi connectivity index (χ0n) is 12.9. The fourth-order valence-corrected chi connectivity index (χ4v) is 1.88. The molecule has 5 heteroatoms. The maximum Gasteiger partial charge on any atom is 0.224 e. The fraction of sp³-hybridized carbons (Fsp3) is 0.562. The van der Waals surface area contributed by atoms with Crippen molar-refractivity contribution in [2.45, 2.75) is 32.7 Å². The second kappa shape index (κ2) is 11.5. The number of nitrogens with one attached hydrogen (secondary N) is 1. The van der Waals surface area contributed by atoms with E-state index in [0.717, 1.165) is 25.0 Å². The summed E-state index contributed by atoms with van der Waals surface area (Å²) in [5, 5.41) is 2.87. The molecular formula is C16H27ClN2O2. The largest absolute Gasteiger partial charge is 0.380 e. The number of hydrogen-bond acceptors (Lipinski definition) is 3. The van der Waals surface area contributed by atoms with Crippen molar-refractivity contribution in [1.29, 1.82) is 0 Å². The van der Waals surface area contributed by atoms with Crippen molar-refractivity contribution in [3.8, 4) is 0 Å². The third-order valence-corrected chi connectivity index (χ3v) is 3.32. The normalized spacial score (nSPS) is 13.1. The number of amides is 1. The molecule has 0 spiro atoms. The van der Waals surface area contributed by atoms with Crippen molar-refractivity contribution in [2.75, 3.05) is 19.8 Å². The van der Waals surface area contributed by atoms with Crippen LogP contribution in [0.5, 0.6) is 0 Å². The summed E-state index contributed by atoms with van der Waals surface area (Å²) in [6.45, 7) is 5.82. The highest BCUT2D eigenvalue weighted by atomic mass is 35.5. The predicted molar refractivity (Wildman–Crippen MR) is 88.5 cm³/mol. The molecule has 1 rings (SSSR count). The first kappa shape index (κ1) is 19.9. The van der Waals surface area contributed by atoms with Gasteiger partial charge >= 0.3 is 0 Å². The molecule has 0 aromatic heterocycles. The van der Waals surface area contributed by atoms with Crippen LogP contribution < -0.4 is 11.1 Å². The van der Waals surface area contributed by atoms with Gasteiger partial charge in [0.1, 0.15) is 0 Å². The molecule has 0 radical (unpaired) electrons. The molecule has 0 saturated heterocycles. The third-order valence-electron chi connectivity index (χ3n) is 3.32. The summed E-state index contributed by atoms with van der Waals surface area (Å²) in [5.41, 5.74) is 7.10. The highest BCUT2D eigenvalue weighted by molar-refractivity contribution is 5.85. The average molecular weight is 315 g/mol. The number of unbranched alkanes of at least 4 members (excludes halogenated alkanes) is 1. The molecule has 0 aliphatic heterocycles. The summed E-state index contributed by atoms with van der Waals surface area (Å²) in [5.74, 6) is -0.284. The van der Waals surface area contributed by atoms with E-state index < -0.39 is 0 Å². The van der Waals surface area contributed by atoms with Crippen LogP contribution in [0.4, 0.5) is 0 Å². The van der Waals surface area contributed by atoms with Gasteiger partial charge in [-0.1, -0.05) is 50.6 Å². The smallest absolute Gasteiger partial charge is 0.224 e. The van der Waals surface area contributed by atoms with Crippen LogP contribution in [0.1, 0.15) is 38.3 Å². The van der Waals surface area contributed by atoms with Gasteiger partial charge in [0.05, 0.1) is 12.5 Å². The van der Waals surface area contributed by atoms with Crippen molar-refractivity contribution >= 4 is 18.3 Å². The fourth-order valence-electron chi connectivity index (χ4n) is 1.88. The first-order chi connectivity index (χ1) is 9.66. The Labute approximate surface area is 133 Å². The lowest BCUT2D eigenvalue weighted by Crippen LogP contribution is -2.37. The first-order valence-corrected chi connectivity index (χ1v) is 7.32. The Hall–Kier alpha value is -1.10. The molecule has 0 heterocycles. The molecular weight excluding hydrogens is 288 g/mol. The van der Waals surface area contributed by atoms with Gasteiger partial charge in [-0.3, -0.25) is 4.79 Å². The van der Waals surface area contributed by atoms with Crippen molar-refractivity contribution in [3.05, 3.63) is 35.9 Å². The minimum Gasteiger partial charge on any atom is -0.380 e. The van der Waals surface area contributed by atoms with Crippen LogP contribution in [0.25, 0.3) is 0 Å². The summed E-state index contributed by atoms with van der Waals surface area (Å²) < 4.78 is 5.40. The summed E-state index contributed by atoms with van der Waals surface area (Å²) >= 11 is 0. The summed E-state index contributed by atoms with van der Waals surface area (Å²) in [6, 6.07) is 9.42. The van der Waals surface area contributed by atoms with Gasteiger partial charge in [-0.25, -0.2) is 0 Å². The van der Waals surface area contributed by atoms with Crippen LogP contribution in [-0.4, -0.2) is 25.7 Å². The molecule has 0 saturated carbocycles. The summed E-state index contributed by atoms with van der Waals surface area (Å²) in [4.78, 5) is 12.0. The zero-order chi connectivity index (χ0) is 14.8.